The van der Waals surface area contributed by atoms with E-state index in [-0.39, 0.29) is 32.6 Å². The average Bonchev–Trinajstić information content (AvgIpc) is 1.63. The fourth-order valence-corrected chi connectivity index (χ4v) is 0.448. The molecule has 8 heteroatoms. The molecule has 10 heavy (non-hydrogen) atoms. The molecule has 0 aliphatic carbocycles. The van der Waals surface area contributed by atoms with E-state index in [4.69, 9.17) is 15.5 Å². The molecule has 0 saturated carbocycles. The topological polar surface area (TPSA) is 105 Å². The average molecular weight is 221 g/mol. The van der Waals surface area contributed by atoms with Crippen molar-refractivity contribution in [3.05, 3.63) is 0 Å². The van der Waals surface area contributed by atoms with Crippen molar-refractivity contribution in [2.75, 3.05) is 13.1 Å². The van der Waals surface area contributed by atoms with Crippen LogP contribution in [0.15, 0.2) is 0 Å². The Morgan fingerprint density at radius 2 is 2.10 bits per heavy atom. The minimum Gasteiger partial charge on any atom is -0.329 e. The standard InChI is InChI=1S/C2H9N2O4P.Zn/c3-1-2-4-8-9(5,6)7;/h4H,1-3H2,(H2,5,6,7);. The Kier molecular flexibility index (Phi) is 8.44. The van der Waals surface area contributed by atoms with Crippen molar-refractivity contribution in [1.82, 2.24) is 5.48 Å². The van der Waals surface area contributed by atoms with E-state index in [0.29, 0.717) is 0 Å². The van der Waals surface area contributed by atoms with E-state index in [1.54, 1.807) is 0 Å². The first-order valence-electron chi connectivity index (χ1n) is 2.23. The second-order valence-electron chi connectivity index (χ2n) is 1.26. The van der Waals surface area contributed by atoms with Crippen molar-refractivity contribution < 1.29 is 38.5 Å². The summed E-state index contributed by atoms with van der Waals surface area (Å²) in [7, 11) is -4.36. The Morgan fingerprint density at radius 1 is 1.60 bits per heavy atom. The van der Waals surface area contributed by atoms with Gasteiger partial charge in [0, 0.05) is 32.6 Å². The van der Waals surface area contributed by atoms with Gasteiger partial charge in [0.1, 0.15) is 0 Å². The van der Waals surface area contributed by atoms with Crippen LogP contribution in [0.4, 0.5) is 0 Å². The Labute approximate surface area is 71.1 Å². The van der Waals surface area contributed by atoms with Gasteiger partial charge in [-0.05, 0) is 0 Å². The van der Waals surface area contributed by atoms with Crippen LogP contribution in [0.25, 0.3) is 0 Å². The van der Waals surface area contributed by atoms with Gasteiger partial charge in [0.25, 0.3) is 0 Å². The van der Waals surface area contributed by atoms with Crippen molar-refractivity contribution in [1.29, 1.82) is 0 Å². The van der Waals surface area contributed by atoms with Crippen molar-refractivity contribution in [2.45, 2.75) is 0 Å². The first kappa shape index (κ1) is 13.3. The molecular weight excluding hydrogens is 212 g/mol. The normalized spacial score (nSPS) is 10.7. The molecule has 6 nitrogen and oxygen atoms in total. The Balaban J connectivity index is 0. The minimum absolute atomic E-state index is 0. The molecule has 0 fully saturated rings. The zero-order valence-electron chi connectivity index (χ0n) is 5.36. The molecule has 0 aromatic rings. The van der Waals surface area contributed by atoms with Gasteiger partial charge in [-0.3, -0.25) is 0 Å². The zero-order valence-corrected chi connectivity index (χ0v) is 9.22. The first-order chi connectivity index (χ1) is 4.06. The molecule has 0 bridgehead atoms. The third-order valence-corrected chi connectivity index (χ3v) is 0.797. The quantitative estimate of drug-likeness (QED) is 0.200. The number of hydroxylamine groups is 1. The molecule has 0 amide bonds. The minimum atomic E-state index is -4.36. The number of phosphoric acid groups is 1. The molecular formula is C2H9N2O4PZn. The smallest absolute Gasteiger partial charge is 0.329 e. The third kappa shape index (κ3) is 11.5. The summed E-state index contributed by atoms with van der Waals surface area (Å²) in [4.78, 5) is 16.1. The van der Waals surface area contributed by atoms with Crippen LogP contribution in [0.3, 0.4) is 0 Å². The summed E-state index contributed by atoms with van der Waals surface area (Å²) < 4.78 is 13.7. The summed E-state index contributed by atoms with van der Waals surface area (Å²) in [6, 6.07) is 0. The Bertz CT molecular complexity index is 116. The molecule has 0 aromatic carbocycles. The van der Waals surface area contributed by atoms with Crippen LogP contribution in [-0.4, -0.2) is 22.9 Å². The van der Waals surface area contributed by atoms with Crippen molar-refractivity contribution in [2.24, 2.45) is 5.73 Å². The monoisotopic (exact) mass is 220 g/mol. The second kappa shape index (κ2) is 6.37. The maximum atomic E-state index is 9.87. The molecule has 0 aromatic heterocycles. The molecule has 0 atom stereocenters. The van der Waals surface area contributed by atoms with Crippen molar-refractivity contribution in [3.8, 4) is 0 Å². The van der Waals surface area contributed by atoms with Crippen LogP contribution in [0.1, 0.15) is 0 Å². The van der Waals surface area contributed by atoms with Gasteiger partial charge in [-0.15, -0.1) is 0 Å². The fraction of sp³-hybridized carbons (Fsp3) is 1.00. The van der Waals surface area contributed by atoms with Gasteiger partial charge in [-0.25, -0.2) is 4.57 Å². The van der Waals surface area contributed by atoms with Crippen molar-refractivity contribution >= 4 is 7.82 Å². The van der Waals surface area contributed by atoms with Crippen LogP contribution >= 0.6 is 7.82 Å². The van der Waals surface area contributed by atoms with Gasteiger partial charge in [-0.1, -0.05) is 0 Å². The summed E-state index contributed by atoms with van der Waals surface area (Å²) in [5.74, 6) is 0. The number of nitrogens with one attached hydrogen (secondary N) is 1. The van der Waals surface area contributed by atoms with Gasteiger partial charge in [0.05, 0.1) is 0 Å². The number of hydrogen-bond donors (Lipinski definition) is 4. The van der Waals surface area contributed by atoms with Crippen LogP contribution in [0.2, 0.25) is 0 Å². The molecule has 0 saturated heterocycles. The zero-order chi connectivity index (χ0) is 7.33. The second-order valence-corrected chi connectivity index (χ2v) is 2.43. The summed E-state index contributed by atoms with van der Waals surface area (Å²) in [5.41, 5.74) is 6.95. The van der Waals surface area contributed by atoms with E-state index in [2.05, 4.69) is 4.62 Å². The molecule has 0 rings (SSSR count). The van der Waals surface area contributed by atoms with Gasteiger partial charge in [-0.2, -0.15) is 10.1 Å². The van der Waals surface area contributed by atoms with Gasteiger partial charge in [0.2, 0.25) is 0 Å². The van der Waals surface area contributed by atoms with Gasteiger partial charge >= 0.3 is 7.82 Å². The summed E-state index contributed by atoms with van der Waals surface area (Å²) in [6.07, 6.45) is 0. The van der Waals surface area contributed by atoms with Gasteiger partial charge in [0.15, 0.2) is 0 Å². The Hall–Kier alpha value is 0.653. The van der Waals surface area contributed by atoms with E-state index < -0.39 is 7.82 Å². The van der Waals surface area contributed by atoms with Crippen molar-refractivity contribution in [3.63, 3.8) is 0 Å². The Morgan fingerprint density at radius 3 is 2.40 bits per heavy atom. The molecule has 5 N–H and O–H groups in total. The SMILES string of the molecule is NCCNOP(=O)(O)O.[Zn]. The molecule has 58 valence electrons. The van der Waals surface area contributed by atoms with Crippen LogP contribution in [0.5, 0.6) is 0 Å². The largest absolute Gasteiger partial charge is 0.486 e. The summed E-state index contributed by atoms with van der Waals surface area (Å²) in [5, 5.41) is 0. The third-order valence-electron chi connectivity index (χ3n) is 0.430. The van der Waals surface area contributed by atoms with E-state index in [1.165, 1.54) is 0 Å². The molecule has 0 aliphatic heterocycles. The van der Waals surface area contributed by atoms with Crippen LogP contribution in [-0.2, 0) is 28.7 Å². The molecule has 0 heterocycles. The number of nitrogens with two attached hydrogens (primary N) is 1. The van der Waals surface area contributed by atoms with E-state index in [0.717, 1.165) is 0 Å². The molecule has 0 radical (unpaired) electrons. The number of rotatable bonds is 4. The molecule has 0 aliphatic rings. The van der Waals surface area contributed by atoms with Crippen LogP contribution in [0, 0.1) is 0 Å². The van der Waals surface area contributed by atoms with E-state index in [1.807, 2.05) is 5.48 Å². The molecule has 0 spiro atoms. The van der Waals surface area contributed by atoms with E-state index in [9.17, 15) is 4.57 Å². The molecule has 0 unspecified atom stereocenters. The van der Waals surface area contributed by atoms with Gasteiger partial charge < -0.3 is 15.5 Å². The summed E-state index contributed by atoms with van der Waals surface area (Å²) >= 11 is 0. The maximum absolute atomic E-state index is 9.87. The first-order valence-corrected chi connectivity index (χ1v) is 3.76. The van der Waals surface area contributed by atoms with Crippen LogP contribution < -0.4 is 11.2 Å². The fourth-order valence-electron chi connectivity index (χ4n) is 0.189. The van der Waals surface area contributed by atoms with E-state index >= 15 is 0 Å². The predicted molar refractivity (Wildman–Crippen MR) is 30.2 cm³/mol. The number of hydrogen-bond acceptors (Lipinski definition) is 4. The predicted octanol–water partition coefficient (Wildman–Crippen LogP) is -1.44. The maximum Gasteiger partial charge on any atom is 0.486 e. The summed E-state index contributed by atoms with van der Waals surface area (Å²) in [6.45, 7) is 0.477.